The van der Waals surface area contributed by atoms with Crippen molar-refractivity contribution in [3.05, 3.63) is 47.2 Å². The van der Waals surface area contributed by atoms with Crippen LogP contribution in [0, 0.1) is 5.92 Å². The molecule has 2 saturated heterocycles. The Kier molecular flexibility index (Phi) is 5.70. The number of rotatable bonds is 4. The van der Waals surface area contributed by atoms with Crippen LogP contribution in [0.2, 0.25) is 0 Å². The number of hydrogen-bond acceptors (Lipinski definition) is 5. The molecule has 4 heterocycles. The van der Waals surface area contributed by atoms with E-state index in [1.165, 1.54) is 19.4 Å². The highest BCUT2D eigenvalue weighted by Gasteiger charge is 2.25. The van der Waals surface area contributed by atoms with Crippen molar-refractivity contribution >= 4 is 27.6 Å². The smallest absolute Gasteiger partial charge is 0.128 e. The topological polar surface area (TPSA) is 35.5 Å². The fraction of sp³-hybridized carbons (Fsp3) is 0.500. The van der Waals surface area contributed by atoms with Gasteiger partial charge in [0.25, 0.3) is 0 Å². The van der Waals surface area contributed by atoms with Crippen molar-refractivity contribution in [3.8, 4) is 0 Å². The van der Waals surface area contributed by atoms with Crippen molar-refractivity contribution in [1.29, 1.82) is 0 Å². The number of piperazine rings is 1. The van der Waals surface area contributed by atoms with Gasteiger partial charge < -0.3 is 9.80 Å². The Morgan fingerprint density at radius 3 is 2.50 bits per heavy atom. The van der Waals surface area contributed by atoms with E-state index in [-0.39, 0.29) is 0 Å². The molecular weight excluding hydrogens is 390 g/mol. The average molecular weight is 416 g/mol. The lowest BCUT2D eigenvalue weighted by Gasteiger charge is -2.40. The summed E-state index contributed by atoms with van der Waals surface area (Å²) in [5.74, 6) is 2.95. The normalized spacial score (nSPS) is 21.8. The van der Waals surface area contributed by atoms with E-state index in [4.69, 9.17) is 0 Å². The summed E-state index contributed by atoms with van der Waals surface area (Å²) in [6, 6.07) is 10.4. The van der Waals surface area contributed by atoms with Crippen LogP contribution in [0.3, 0.4) is 0 Å². The molecule has 5 nitrogen and oxygen atoms in total. The molecule has 0 amide bonds. The number of aromatic nitrogens is 2. The van der Waals surface area contributed by atoms with E-state index in [0.29, 0.717) is 0 Å². The van der Waals surface area contributed by atoms with Crippen LogP contribution in [0.4, 0.5) is 11.6 Å². The van der Waals surface area contributed by atoms with E-state index in [2.05, 4.69) is 64.9 Å². The van der Waals surface area contributed by atoms with Gasteiger partial charge in [-0.25, -0.2) is 9.97 Å². The number of nitrogens with zero attached hydrogens (tertiary/aromatic N) is 5. The maximum absolute atomic E-state index is 4.58. The van der Waals surface area contributed by atoms with Crippen molar-refractivity contribution < 1.29 is 0 Å². The molecule has 6 heteroatoms. The highest BCUT2D eigenvalue weighted by atomic mass is 79.9. The average Bonchev–Trinajstić information content (AvgIpc) is 2.70. The van der Waals surface area contributed by atoms with Crippen LogP contribution in [-0.4, -0.2) is 60.7 Å². The molecule has 2 aliphatic heterocycles. The summed E-state index contributed by atoms with van der Waals surface area (Å²) in [5, 5.41) is 0. The van der Waals surface area contributed by atoms with E-state index in [1.807, 2.05) is 18.5 Å². The molecule has 138 valence electrons. The van der Waals surface area contributed by atoms with Gasteiger partial charge in [-0.05, 0) is 59.0 Å². The molecule has 1 atom stereocenters. The molecule has 0 radical (unpaired) electrons. The number of hydrogen-bond donors (Lipinski definition) is 0. The van der Waals surface area contributed by atoms with E-state index in [1.54, 1.807) is 0 Å². The molecule has 0 bridgehead atoms. The lowest BCUT2D eigenvalue weighted by molar-refractivity contribution is 0.205. The van der Waals surface area contributed by atoms with Crippen LogP contribution in [0.5, 0.6) is 0 Å². The van der Waals surface area contributed by atoms with Gasteiger partial charge in [-0.1, -0.05) is 6.07 Å². The van der Waals surface area contributed by atoms with Crippen molar-refractivity contribution in [2.75, 3.05) is 55.6 Å². The van der Waals surface area contributed by atoms with Gasteiger partial charge in [0.05, 0.1) is 0 Å². The second kappa shape index (κ2) is 8.35. The molecule has 0 aromatic carbocycles. The number of piperidine rings is 1. The second-order valence-electron chi connectivity index (χ2n) is 7.26. The SMILES string of the molecule is Brc1ccc(N2CCCC(CN3CCN(c4ccccn4)CC3)C2)nc1. The van der Waals surface area contributed by atoms with E-state index < -0.39 is 0 Å². The number of anilines is 2. The first-order valence-corrected chi connectivity index (χ1v) is 10.3. The molecule has 26 heavy (non-hydrogen) atoms. The maximum Gasteiger partial charge on any atom is 0.128 e. The Balaban J connectivity index is 1.29. The Labute approximate surface area is 164 Å². The Morgan fingerprint density at radius 1 is 0.923 bits per heavy atom. The Bertz CT molecular complexity index is 685. The van der Waals surface area contributed by atoms with Gasteiger partial charge in [-0.3, -0.25) is 4.90 Å². The third-order valence-electron chi connectivity index (χ3n) is 5.42. The van der Waals surface area contributed by atoms with Crippen molar-refractivity contribution in [3.63, 3.8) is 0 Å². The second-order valence-corrected chi connectivity index (χ2v) is 8.18. The molecule has 0 N–H and O–H groups in total. The minimum atomic E-state index is 0.732. The predicted octanol–water partition coefficient (Wildman–Crippen LogP) is 3.28. The third-order valence-corrected chi connectivity index (χ3v) is 5.89. The van der Waals surface area contributed by atoms with Crippen molar-refractivity contribution in [2.45, 2.75) is 12.8 Å². The molecule has 4 rings (SSSR count). The largest absolute Gasteiger partial charge is 0.356 e. The summed E-state index contributed by atoms with van der Waals surface area (Å²) in [5.41, 5.74) is 0. The van der Waals surface area contributed by atoms with Crippen molar-refractivity contribution in [2.24, 2.45) is 5.92 Å². The van der Waals surface area contributed by atoms with Gasteiger partial charge in [-0.2, -0.15) is 0 Å². The summed E-state index contributed by atoms with van der Waals surface area (Å²) in [6.45, 7) is 7.84. The zero-order valence-corrected chi connectivity index (χ0v) is 16.7. The van der Waals surface area contributed by atoms with Crippen LogP contribution in [0.1, 0.15) is 12.8 Å². The summed E-state index contributed by atoms with van der Waals surface area (Å²) < 4.78 is 1.04. The minimum Gasteiger partial charge on any atom is -0.356 e. The molecule has 0 aliphatic carbocycles. The van der Waals surface area contributed by atoms with E-state index in [9.17, 15) is 0 Å². The molecule has 2 aliphatic rings. The molecule has 0 saturated carbocycles. The first kappa shape index (κ1) is 17.7. The lowest BCUT2D eigenvalue weighted by Crippen LogP contribution is -2.50. The van der Waals surface area contributed by atoms with Crippen LogP contribution >= 0.6 is 15.9 Å². The lowest BCUT2D eigenvalue weighted by atomic mass is 9.97. The fourth-order valence-electron chi connectivity index (χ4n) is 4.04. The quantitative estimate of drug-likeness (QED) is 0.765. The summed E-state index contributed by atoms with van der Waals surface area (Å²) in [7, 11) is 0. The van der Waals surface area contributed by atoms with Crippen molar-refractivity contribution in [1.82, 2.24) is 14.9 Å². The van der Waals surface area contributed by atoms with Gasteiger partial charge in [0.1, 0.15) is 11.6 Å². The first-order valence-electron chi connectivity index (χ1n) is 9.53. The first-order chi connectivity index (χ1) is 12.8. The molecule has 2 aromatic heterocycles. The summed E-state index contributed by atoms with van der Waals surface area (Å²) in [6.07, 6.45) is 6.37. The monoisotopic (exact) mass is 415 g/mol. The molecule has 0 spiro atoms. The molecule has 2 aromatic rings. The molecular formula is C20H26BrN5. The number of halogens is 1. The van der Waals surface area contributed by atoms with Gasteiger partial charge in [0.15, 0.2) is 0 Å². The van der Waals surface area contributed by atoms with Gasteiger partial charge in [0.2, 0.25) is 0 Å². The van der Waals surface area contributed by atoms with E-state index >= 15 is 0 Å². The Morgan fingerprint density at radius 2 is 1.77 bits per heavy atom. The molecule has 2 fully saturated rings. The fourth-order valence-corrected chi connectivity index (χ4v) is 4.28. The third kappa shape index (κ3) is 4.35. The summed E-state index contributed by atoms with van der Waals surface area (Å²) >= 11 is 3.47. The zero-order valence-electron chi connectivity index (χ0n) is 15.1. The highest BCUT2D eigenvalue weighted by molar-refractivity contribution is 9.10. The zero-order chi connectivity index (χ0) is 17.8. The summed E-state index contributed by atoms with van der Waals surface area (Å²) in [4.78, 5) is 16.5. The van der Waals surface area contributed by atoms with Gasteiger partial charge >= 0.3 is 0 Å². The highest BCUT2D eigenvalue weighted by Crippen LogP contribution is 2.24. The Hall–Kier alpha value is -1.66. The van der Waals surface area contributed by atoms with Crippen LogP contribution in [-0.2, 0) is 0 Å². The predicted molar refractivity (Wildman–Crippen MR) is 110 cm³/mol. The number of pyridine rings is 2. The van der Waals surface area contributed by atoms with Crippen LogP contribution in [0.15, 0.2) is 47.2 Å². The van der Waals surface area contributed by atoms with Gasteiger partial charge in [0, 0.05) is 62.7 Å². The standard InChI is InChI=1S/C20H26BrN5/c21-18-6-7-20(23-14-18)26-9-3-4-17(16-26)15-24-10-12-25(13-11-24)19-5-1-2-8-22-19/h1-2,5-8,14,17H,3-4,9-13,15-16H2. The molecule has 1 unspecified atom stereocenters. The maximum atomic E-state index is 4.58. The minimum absolute atomic E-state index is 0.732. The van der Waals surface area contributed by atoms with Crippen LogP contribution in [0.25, 0.3) is 0 Å². The van der Waals surface area contributed by atoms with Gasteiger partial charge in [-0.15, -0.1) is 0 Å². The van der Waals surface area contributed by atoms with E-state index in [0.717, 1.165) is 61.3 Å². The van der Waals surface area contributed by atoms with Crippen LogP contribution < -0.4 is 9.80 Å².